The highest BCUT2D eigenvalue weighted by Gasteiger charge is 2.06. The van der Waals surface area contributed by atoms with Crippen LogP contribution in [0.4, 0.5) is 0 Å². The van der Waals surface area contributed by atoms with E-state index >= 15 is 0 Å². The number of amidine groups is 1. The molecule has 1 rings (SSSR count). The van der Waals surface area contributed by atoms with Gasteiger partial charge in [-0.25, -0.2) is 5.84 Å². The lowest BCUT2D eigenvalue weighted by Crippen LogP contribution is -2.32. The van der Waals surface area contributed by atoms with Crippen LogP contribution in [0.1, 0.15) is 25.0 Å². The number of hydrogen-bond donors (Lipinski definition) is 2. The summed E-state index contributed by atoms with van der Waals surface area (Å²) in [6, 6.07) is 6.08. The van der Waals surface area contributed by atoms with Crippen LogP contribution in [-0.4, -0.2) is 19.0 Å². The lowest BCUT2D eigenvalue weighted by Gasteiger charge is -2.10. The van der Waals surface area contributed by atoms with E-state index in [0.717, 1.165) is 16.9 Å². The lowest BCUT2D eigenvalue weighted by molar-refractivity contribution is 0.411. The van der Waals surface area contributed by atoms with Crippen LogP contribution in [0.15, 0.2) is 23.2 Å². The van der Waals surface area contributed by atoms with Crippen LogP contribution in [-0.2, 0) is 0 Å². The average molecular weight is 221 g/mol. The summed E-state index contributed by atoms with van der Waals surface area (Å²) in [6.07, 6.45) is 0. The molecule has 0 saturated carbocycles. The van der Waals surface area contributed by atoms with Gasteiger partial charge in [0.25, 0.3) is 0 Å². The van der Waals surface area contributed by atoms with Gasteiger partial charge in [0.05, 0.1) is 7.11 Å². The summed E-state index contributed by atoms with van der Waals surface area (Å²) in [5.74, 6) is 6.97. The van der Waals surface area contributed by atoms with Gasteiger partial charge in [-0.1, -0.05) is 12.1 Å². The number of aryl methyl sites for hydroxylation is 1. The van der Waals surface area contributed by atoms with E-state index in [9.17, 15) is 0 Å². The Morgan fingerprint density at radius 3 is 2.62 bits per heavy atom. The fraction of sp³-hybridized carbons (Fsp3) is 0.417. The number of methoxy groups -OCH3 is 1. The number of hydrazine groups is 1. The maximum atomic E-state index is 5.46. The number of ether oxygens (including phenoxy) is 1. The third-order valence-corrected chi connectivity index (χ3v) is 2.21. The average Bonchev–Trinajstić information content (AvgIpc) is 2.26. The second-order valence-electron chi connectivity index (χ2n) is 3.90. The zero-order valence-electron chi connectivity index (χ0n) is 10.2. The van der Waals surface area contributed by atoms with Crippen molar-refractivity contribution >= 4 is 5.84 Å². The van der Waals surface area contributed by atoms with Gasteiger partial charge in [-0.2, -0.15) is 0 Å². The lowest BCUT2D eigenvalue weighted by atomic mass is 10.1. The molecule has 0 aliphatic rings. The van der Waals surface area contributed by atoms with Gasteiger partial charge in [-0.05, 0) is 32.4 Å². The first-order chi connectivity index (χ1) is 7.58. The van der Waals surface area contributed by atoms with Gasteiger partial charge in [0.2, 0.25) is 0 Å². The van der Waals surface area contributed by atoms with Gasteiger partial charge in [0.15, 0.2) is 0 Å². The Morgan fingerprint density at radius 1 is 1.44 bits per heavy atom. The van der Waals surface area contributed by atoms with E-state index in [4.69, 9.17) is 10.6 Å². The van der Waals surface area contributed by atoms with Crippen LogP contribution in [0, 0.1) is 6.92 Å². The van der Waals surface area contributed by atoms with Crippen molar-refractivity contribution in [3.8, 4) is 5.75 Å². The number of nitrogens with one attached hydrogen (secondary N) is 1. The number of rotatable bonds is 3. The molecule has 0 atom stereocenters. The quantitative estimate of drug-likeness (QED) is 0.353. The third kappa shape index (κ3) is 2.97. The highest BCUT2D eigenvalue weighted by atomic mass is 16.5. The topological polar surface area (TPSA) is 59.6 Å². The molecule has 3 N–H and O–H groups in total. The Morgan fingerprint density at radius 2 is 2.12 bits per heavy atom. The van der Waals surface area contributed by atoms with E-state index in [2.05, 4.69) is 10.4 Å². The van der Waals surface area contributed by atoms with Gasteiger partial charge < -0.3 is 10.2 Å². The van der Waals surface area contributed by atoms with Crippen LogP contribution in [0.5, 0.6) is 5.75 Å². The molecule has 4 nitrogen and oxygen atoms in total. The van der Waals surface area contributed by atoms with Crippen molar-refractivity contribution in [3.05, 3.63) is 29.3 Å². The molecule has 88 valence electrons. The van der Waals surface area contributed by atoms with Gasteiger partial charge in [-0.3, -0.25) is 4.99 Å². The van der Waals surface area contributed by atoms with E-state index in [-0.39, 0.29) is 6.04 Å². The first kappa shape index (κ1) is 12.5. The van der Waals surface area contributed by atoms with Crippen molar-refractivity contribution in [1.82, 2.24) is 5.43 Å². The molecule has 16 heavy (non-hydrogen) atoms. The molecule has 0 aliphatic carbocycles. The Balaban J connectivity index is 3.11. The van der Waals surface area contributed by atoms with Gasteiger partial charge in [0, 0.05) is 11.6 Å². The minimum Gasteiger partial charge on any atom is -0.496 e. The largest absolute Gasteiger partial charge is 0.496 e. The molecule has 1 aromatic rings. The van der Waals surface area contributed by atoms with Crippen molar-refractivity contribution in [2.75, 3.05) is 7.11 Å². The summed E-state index contributed by atoms with van der Waals surface area (Å²) in [6.45, 7) is 6.00. The summed E-state index contributed by atoms with van der Waals surface area (Å²) >= 11 is 0. The molecule has 4 heteroatoms. The van der Waals surface area contributed by atoms with Crippen molar-refractivity contribution in [2.45, 2.75) is 26.8 Å². The molecule has 0 aromatic heterocycles. The number of nitrogens with zero attached hydrogens (tertiary/aromatic N) is 1. The van der Waals surface area contributed by atoms with Crippen LogP contribution in [0.3, 0.4) is 0 Å². The predicted molar refractivity (Wildman–Crippen MR) is 66.7 cm³/mol. The van der Waals surface area contributed by atoms with Crippen LogP contribution in [0.25, 0.3) is 0 Å². The maximum Gasteiger partial charge on any atom is 0.142 e. The monoisotopic (exact) mass is 221 g/mol. The molecule has 0 radical (unpaired) electrons. The summed E-state index contributed by atoms with van der Waals surface area (Å²) in [5, 5.41) is 0. The van der Waals surface area contributed by atoms with Gasteiger partial charge in [0.1, 0.15) is 11.6 Å². The van der Waals surface area contributed by atoms with Gasteiger partial charge in [-0.15, -0.1) is 0 Å². The highest BCUT2D eigenvalue weighted by Crippen LogP contribution is 2.19. The van der Waals surface area contributed by atoms with Crippen LogP contribution in [0.2, 0.25) is 0 Å². The summed E-state index contributed by atoms with van der Waals surface area (Å²) < 4.78 is 5.26. The van der Waals surface area contributed by atoms with Crippen LogP contribution >= 0.6 is 0 Å². The molecule has 0 heterocycles. The van der Waals surface area contributed by atoms with Crippen molar-refractivity contribution in [3.63, 3.8) is 0 Å². The molecule has 0 amide bonds. The zero-order valence-corrected chi connectivity index (χ0v) is 10.2. The molecule has 0 saturated heterocycles. The van der Waals surface area contributed by atoms with E-state index in [1.807, 2.05) is 39.0 Å². The number of nitrogens with two attached hydrogens (primary N) is 1. The molecule has 0 bridgehead atoms. The SMILES string of the molecule is COc1cc(C(=NC(C)C)NN)ccc1C. The van der Waals surface area contributed by atoms with E-state index in [1.165, 1.54) is 0 Å². The van der Waals surface area contributed by atoms with Crippen LogP contribution < -0.4 is 16.0 Å². The maximum absolute atomic E-state index is 5.46. The molecule has 0 spiro atoms. The minimum atomic E-state index is 0.193. The minimum absolute atomic E-state index is 0.193. The molecule has 0 unspecified atom stereocenters. The first-order valence-electron chi connectivity index (χ1n) is 5.28. The zero-order chi connectivity index (χ0) is 12.1. The Labute approximate surface area is 96.5 Å². The highest BCUT2D eigenvalue weighted by molar-refractivity contribution is 5.98. The normalized spacial score (nSPS) is 11.8. The summed E-state index contributed by atoms with van der Waals surface area (Å²) in [4.78, 5) is 4.40. The predicted octanol–water partition coefficient (Wildman–Crippen LogP) is 1.62. The number of aliphatic imine (C=N–C) groups is 1. The fourth-order valence-electron chi connectivity index (χ4n) is 1.42. The molecular weight excluding hydrogens is 202 g/mol. The third-order valence-electron chi connectivity index (χ3n) is 2.21. The van der Waals surface area contributed by atoms with E-state index in [1.54, 1.807) is 7.11 Å². The van der Waals surface area contributed by atoms with Crippen molar-refractivity contribution in [1.29, 1.82) is 0 Å². The van der Waals surface area contributed by atoms with E-state index < -0.39 is 0 Å². The Bertz CT molecular complexity index is 386. The second-order valence-corrected chi connectivity index (χ2v) is 3.90. The van der Waals surface area contributed by atoms with Gasteiger partial charge >= 0.3 is 0 Å². The molecule has 1 aromatic carbocycles. The standard InChI is InChI=1S/C12H19N3O/c1-8(2)14-12(15-13)10-6-5-9(3)11(7-10)16-4/h5-8H,13H2,1-4H3,(H,14,15). The number of hydrogen-bond acceptors (Lipinski definition) is 3. The van der Waals surface area contributed by atoms with Crippen molar-refractivity contribution < 1.29 is 4.74 Å². The Hall–Kier alpha value is -1.55. The summed E-state index contributed by atoms with van der Waals surface area (Å²) in [5.41, 5.74) is 4.63. The summed E-state index contributed by atoms with van der Waals surface area (Å²) in [7, 11) is 1.65. The molecular formula is C12H19N3O. The van der Waals surface area contributed by atoms with E-state index in [0.29, 0.717) is 5.84 Å². The second kappa shape index (κ2) is 5.51. The number of benzene rings is 1. The van der Waals surface area contributed by atoms with Crippen molar-refractivity contribution in [2.24, 2.45) is 10.8 Å². The fourth-order valence-corrected chi connectivity index (χ4v) is 1.42. The smallest absolute Gasteiger partial charge is 0.142 e. The first-order valence-corrected chi connectivity index (χ1v) is 5.28. The molecule has 0 aliphatic heterocycles. The Kier molecular flexibility index (Phi) is 4.31. The molecule has 0 fully saturated rings.